The predicted molar refractivity (Wildman–Crippen MR) is 66.8 cm³/mol. The lowest BCUT2D eigenvalue weighted by atomic mass is 9.80. The Morgan fingerprint density at radius 1 is 1.39 bits per heavy atom. The standard InChI is InChI=1S/C14H18FNO2/c1-16-8-7-12(13(9-16)14(17)18-2)10-3-5-11(15)6-4-10/h3-6,12-13H,7-9H2,1-2H3/t12-,13+/m1/s1. The molecule has 0 N–H and O–H groups in total. The summed E-state index contributed by atoms with van der Waals surface area (Å²) in [6, 6.07) is 6.42. The fourth-order valence-corrected chi connectivity index (χ4v) is 2.61. The molecule has 0 aromatic heterocycles. The Morgan fingerprint density at radius 3 is 2.67 bits per heavy atom. The zero-order valence-corrected chi connectivity index (χ0v) is 10.7. The number of methoxy groups -OCH3 is 1. The van der Waals surface area contributed by atoms with Gasteiger partial charge in [0.2, 0.25) is 0 Å². The molecule has 2 rings (SSSR count). The minimum Gasteiger partial charge on any atom is -0.469 e. The molecular formula is C14H18FNO2. The minimum atomic E-state index is -0.249. The van der Waals surface area contributed by atoms with Gasteiger partial charge >= 0.3 is 5.97 Å². The molecule has 18 heavy (non-hydrogen) atoms. The van der Waals surface area contributed by atoms with Gasteiger partial charge in [-0.1, -0.05) is 12.1 Å². The molecule has 1 heterocycles. The van der Waals surface area contributed by atoms with Crippen LogP contribution in [0.1, 0.15) is 17.9 Å². The molecule has 0 aliphatic carbocycles. The Labute approximate surface area is 107 Å². The van der Waals surface area contributed by atoms with E-state index in [2.05, 4.69) is 4.90 Å². The van der Waals surface area contributed by atoms with Crippen molar-refractivity contribution < 1.29 is 13.9 Å². The van der Waals surface area contributed by atoms with E-state index in [1.165, 1.54) is 19.2 Å². The van der Waals surface area contributed by atoms with E-state index in [9.17, 15) is 9.18 Å². The third-order valence-corrected chi connectivity index (χ3v) is 3.62. The van der Waals surface area contributed by atoms with E-state index < -0.39 is 0 Å². The van der Waals surface area contributed by atoms with Gasteiger partial charge in [-0.2, -0.15) is 0 Å². The van der Waals surface area contributed by atoms with Crippen LogP contribution in [0.5, 0.6) is 0 Å². The molecule has 1 saturated heterocycles. The van der Waals surface area contributed by atoms with Crippen molar-refractivity contribution in [3.8, 4) is 0 Å². The maximum absolute atomic E-state index is 12.9. The first-order chi connectivity index (χ1) is 8.61. The summed E-state index contributed by atoms with van der Waals surface area (Å²) in [7, 11) is 3.41. The van der Waals surface area contributed by atoms with Gasteiger partial charge in [0.25, 0.3) is 0 Å². The fourth-order valence-electron chi connectivity index (χ4n) is 2.61. The van der Waals surface area contributed by atoms with Gasteiger partial charge in [-0.25, -0.2) is 4.39 Å². The van der Waals surface area contributed by atoms with Gasteiger partial charge in [-0.3, -0.25) is 4.79 Å². The molecule has 0 unspecified atom stereocenters. The minimum absolute atomic E-state index is 0.120. The average molecular weight is 251 g/mol. The Kier molecular flexibility index (Phi) is 3.97. The monoisotopic (exact) mass is 251 g/mol. The van der Waals surface area contributed by atoms with Crippen LogP contribution in [0.4, 0.5) is 4.39 Å². The molecule has 1 aliphatic heterocycles. The van der Waals surface area contributed by atoms with Gasteiger partial charge in [-0.15, -0.1) is 0 Å². The summed E-state index contributed by atoms with van der Waals surface area (Å²) in [4.78, 5) is 14.0. The zero-order chi connectivity index (χ0) is 13.1. The molecular weight excluding hydrogens is 233 g/mol. The molecule has 1 aromatic rings. The number of ether oxygens (including phenoxy) is 1. The van der Waals surface area contributed by atoms with Crippen molar-refractivity contribution in [2.24, 2.45) is 5.92 Å². The number of hydrogen-bond donors (Lipinski definition) is 0. The molecule has 0 bridgehead atoms. The number of nitrogens with zero attached hydrogens (tertiary/aromatic N) is 1. The molecule has 2 atom stereocenters. The Morgan fingerprint density at radius 2 is 2.06 bits per heavy atom. The van der Waals surface area contributed by atoms with Crippen LogP contribution in [0.3, 0.4) is 0 Å². The second kappa shape index (κ2) is 5.48. The SMILES string of the molecule is COC(=O)[C@H]1CN(C)CC[C@@H]1c1ccc(F)cc1. The molecule has 1 aromatic carbocycles. The smallest absolute Gasteiger partial charge is 0.310 e. The van der Waals surface area contributed by atoms with Crippen LogP contribution in [-0.4, -0.2) is 38.1 Å². The summed E-state index contributed by atoms with van der Waals surface area (Å²) in [6.07, 6.45) is 0.891. The summed E-state index contributed by atoms with van der Waals surface area (Å²) in [5.74, 6) is -0.481. The number of benzene rings is 1. The second-order valence-corrected chi connectivity index (χ2v) is 4.84. The third kappa shape index (κ3) is 2.70. The number of carbonyl (C=O) groups is 1. The summed E-state index contributed by atoms with van der Waals surface area (Å²) in [5.41, 5.74) is 1.01. The van der Waals surface area contributed by atoms with Crippen molar-refractivity contribution in [2.75, 3.05) is 27.2 Å². The first-order valence-corrected chi connectivity index (χ1v) is 6.13. The van der Waals surface area contributed by atoms with Crippen LogP contribution in [0, 0.1) is 11.7 Å². The molecule has 0 saturated carbocycles. The van der Waals surface area contributed by atoms with Crippen molar-refractivity contribution in [3.05, 3.63) is 35.6 Å². The van der Waals surface area contributed by atoms with E-state index in [0.29, 0.717) is 6.54 Å². The summed E-state index contributed by atoms with van der Waals surface area (Å²) in [5, 5.41) is 0. The van der Waals surface area contributed by atoms with Crippen molar-refractivity contribution in [1.29, 1.82) is 0 Å². The second-order valence-electron chi connectivity index (χ2n) is 4.84. The highest BCUT2D eigenvalue weighted by Gasteiger charge is 2.34. The normalized spacial score (nSPS) is 24.8. The number of hydrogen-bond acceptors (Lipinski definition) is 3. The van der Waals surface area contributed by atoms with Gasteiger partial charge in [0, 0.05) is 6.54 Å². The van der Waals surface area contributed by atoms with Gasteiger partial charge < -0.3 is 9.64 Å². The van der Waals surface area contributed by atoms with Crippen LogP contribution in [0.15, 0.2) is 24.3 Å². The molecule has 0 spiro atoms. The van der Waals surface area contributed by atoms with Crippen LogP contribution in [-0.2, 0) is 9.53 Å². The van der Waals surface area contributed by atoms with Crippen molar-refractivity contribution >= 4 is 5.97 Å². The van der Waals surface area contributed by atoms with E-state index in [1.54, 1.807) is 12.1 Å². The molecule has 0 radical (unpaired) electrons. The van der Waals surface area contributed by atoms with E-state index >= 15 is 0 Å². The van der Waals surface area contributed by atoms with E-state index in [4.69, 9.17) is 4.74 Å². The summed E-state index contributed by atoms with van der Waals surface area (Å²) < 4.78 is 17.8. The third-order valence-electron chi connectivity index (χ3n) is 3.62. The fraction of sp³-hybridized carbons (Fsp3) is 0.500. The highest BCUT2D eigenvalue weighted by molar-refractivity contribution is 5.74. The lowest BCUT2D eigenvalue weighted by Gasteiger charge is -2.35. The van der Waals surface area contributed by atoms with Gasteiger partial charge in [0.15, 0.2) is 0 Å². The van der Waals surface area contributed by atoms with Gasteiger partial charge in [0.1, 0.15) is 5.82 Å². The van der Waals surface area contributed by atoms with Crippen LogP contribution >= 0.6 is 0 Å². The van der Waals surface area contributed by atoms with E-state index in [0.717, 1.165) is 18.5 Å². The molecule has 0 amide bonds. The van der Waals surface area contributed by atoms with E-state index in [-0.39, 0.29) is 23.6 Å². The van der Waals surface area contributed by atoms with Gasteiger partial charge in [-0.05, 0) is 43.6 Å². The lowest BCUT2D eigenvalue weighted by Crippen LogP contribution is -2.41. The highest BCUT2D eigenvalue weighted by Crippen LogP contribution is 2.33. The van der Waals surface area contributed by atoms with Crippen molar-refractivity contribution in [1.82, 2.24) is 4.90 Å². The number of carbonyl (C=O) groups excluding carboxylic acids is 1. The van der Waals surface area contributed by atoms with Crippen LogP contribution < -0.4 is 0 Å². The number of piperidine rings is 1. The maximum Gasteiger partial charge on any atom is 0.310 e. The first kappa shape index (κ1) is 13.0. The highest BCUT2D eigenvalue weighted by atomic mass is 19.1. The number of esters is 1. The van der Waals surface area contributed by atoms with Gasteiger partial charge in [0.05, 0.1) is 13.0 Å². The number of rotatable bonds is 2. The first-order valence-electron chi connectivity index (χ1n) is 6.13. The topological polar surface area (TPSA) is 29.5 Å². The van der Waals surface area contributed by atoms with Crippen LogP contribution in [0.25, 0.3) is 0 Å². The number of likely N-dealkylation sites (tertiary alicyclic amines) is 1. The van der Waals surface area contributed by atoms with Crippen LogP contribution in [0.2, 0.25) is 0 Å². The van der Waals surface area contributed by atoms with E-state index in [1.807, 2.05) is 7.05 Å². The maximum atomic E-state index is 12.9. The summed E-state index contributed by atoms with van der Waals surface area (Å²) in [6.45, 7) is 1.63. The zero-order valence-electron chi connectivity index (χ0n) is 10.7. The predicted octanol–water partition coefficient (Wildman–Crippen LogP) is 2.03. The lowest BCUT2D eigenvalue weighted by molar-refractivity contribution is -0.148. The average Bonchev–Trinajstić information content (AvgIpc) is 2.39. The number of halogens is 1. The quantitative estimate of drug-likeness (QED) is 0.753. The Balaban J connectivity index is 2.23. The molecule has 1 fully saturated rings. The molecule has 98 valence electrons. The molecule has 1 aliphatic rings. The van der Waals surface area contributed by atoms with Crippen molar-refractivity contribution in [3.63, 3.8) is 0 Å². The molecule has 4 heteroatoms. The molecule has 3 nitrogen and oxygen atoms in total. The Hall–Kier alpha value is -1.42. The Bertz CT molecular complexity index is 418. The van der Waals surface area contributed by atoms with Crippen molar-refractivity contribution in [2.45, 2.75) is 12.3 Å². The summed E-state index contributed by atoms with van der Waals surface area (Å²) >= 11 is 0. The largest absolute Gasteiger partial charge is 0.469 e.